The molecule has 0 heterocycles. The van der Waals surface area contributed by atoms with Gasteiger partial charge in [0.1, 0.15) is 5.78 Å². The fourth-order valence-electron chi connectivity index (χ4n) is 1.07. The average Bonchev–Trinajstić information content (AvgIpc) is 2.10. The van der Waals surface area contributed by atoms with Gasteiger partial charge in [-0.15, -0.1) is 0 Å². The van der Waals surface area contributed by atoms with Gasteiger partial charge in [0, 0.05) is 18.9 Å². The smallest absolute Gasteiger partial charge is 0.135 e. The van der Waals surface area contributed by atoms with E-state index >= 15 is 0 Å². The van der Waals surface area contributed by atoms with Crippen molar-refractivity contribution in [2.45, 2.75) is 53.6 Å². The van der Waals surface area contributed by atoms with Crippen LogP contribution in [0.2, 0.25) is 0 Å². The Labute approximate surface area is 88.0 Å². The topological polar surface area (TPSA) is 26.3 Å². The zero-order valence-corrected chi connectivity index (χ0v) is 10.2. The molecule has 0 aliphatic heterocycles. The summed E-state index contributed by atoms with van der Waals surface area (Å²) in [6.07, 6.45) is 1.71. The lowest BCUT2D eigenvalue weighted by atomic mass is 10.0. The van der Waals surface area contributed by atoms with Gasteiger partial charge in [-0.1, -0.05) is 27.7 Å². The van der Waals surface area contributed by atoms with E-state index in [-0.39, 0.29) is 12.0 Å². The molecule has 0 aromatic rings. The van der Waals surface area contributed by atoms with Crippen LogP contribution in [-0.2, 0) is 9.53 Å². The monoisotopic (exact) mass is 200 g/mol. The maximum Gasteiger partial charge on any atom is 0.135 e. The molecule has 14 heavy (non-hydrogen) atoms. The van der Waals surface area contributed by atoms with Crippen molar-refractivity contribution >= 4 is 5.78 Å². The Balaban J connectivity index is 3.53. The first-order chi connectivity index (χ1) is 6.43. The molecule has 0 aliphatic rings. The lowest BCUT2D eigenvalue weighted by Gasteiger charge is -2.14. The Bertz CT molecular complexity index is 162. The lowest BCUT2D eigenvalue weighted by molar-refractivity contribution is -0.122. The van der Waals surface area contributed by atoms with Crippen LogP contribution < -0.4 is 0 Å². The molecule has 0 aliphatic carbocycles. The first-order valence-corrected chi connectivity index (χ1v) is 5.57. The van der Waals surface area contributed by atoms with Crippen molar-refractivity contribution in [3.63, 3.8) is 0 Å². The molecule has 0 saturated heterocycles. The highest BCUT2D eigenvalue weighted by atomic mass is 16.5. The zero-order chi connectivity index (χ0) is 11.1. The number of ether oxygens (including phenoxy) is 1. The van der Waals surface area contributed by atoms with Crippen LogP contribution in [0.5, 0.6) is 0 Å². The Morgan fingerprint density at radius 1 is 1.14 bits per heavy atom. The molecule has 1 atom stereocenters. The highest BCUT2D eigenvalue weighted by molar-refractivity contribution is 5.80. The van der Waals surface area contributed by atoms with Gasteiger partial charge in [0.15, 0.2) is 0 Å². The van der Waals surface area contributed by atoms with Crippen LogP contribution >= 0.6 is 0 Å². The number of ketones is 1. The van der Waals surface area contributed by atoms with Crippen molar-refractivity contribution in [1.82, 2.24) is 0 Å². The summed E-state index contributed by atoms with van der Waals surface area (Å²) in [5.74, 6) is 1.07. The second-order valence-corrected chi connectivity index (χ2v) is 4.70. The molecule has 0 aromatic carbocycles. The summed E-state index contributed by atoms with van der Waals surface area (Å²) < 4.78 is 5.58. The molecule has 0 N–H and O–H groups in total. The second kappa shape index (κ2) is 6.99. The standard InChI is InChI=1S/C12H24O2/c1-9(2)8-14-11(5)6-7-12(13)10(3)4/h9-11H,6-8H2,1-5H3. The highest BCUT2D eigenvalue weighted by Gasteiger charge is 2.10. The molecule has 2 nitrogen and oxygen atoms in total. The molecule has 0 spiro atoms. The second-order valence-electron chi connectivity index (χ2n) is 4.70. The molecule has 1 unspecified atom stereocenters. The minimum atomic E-state index is 0.160. The molecule has 0 bridgehead atoms. The zero-order valence-electron chi connectivity index (χ0n) is 10.2. The Kier molecular flexibility index (Phi) is 6.81. The van der Waals surface area contributed by atoms with Crippen LogP contribution in [0, 0.1) is 11.8 Å². The van der Waals surface area contributed by atoms with Gasteiger partial charge in [0.25, 0.3) is 0 Å². The van der Waals surface area contributed by atoms with Gasteiger partial charge in [-0.3, -0.25) is 4.79 Å². The van der Waals surface area contributed by atoms with Crippen molar-refractivity contribution in [1.29, 1.82) is 0 Å². The minimum absolute atomic E-state index is 0.160. The first kappa shape index (κ1) is 13.6. The number of rotatable bonds is 7. The summed E-state index contributed by atoms with van der Waals surface area (Å²) in [6, 6.07) is 0. The van der Waals surface area contributed by atoms with Crippen LogP contribution in [0.25, 0.3) is 0 Å². The van der Waals surface area contributed by atoms with Gasteiger partial charge in [-0.2, -0.15) is 0 Å². The molecular formula is C12H24O2. The van der Waals surface area contributed by atoms with Gasteiger partial charge in [0.05, 0.1) is 6.10 Å². The third kappa shape index (κ3) is 7.07. The predicted molar refractivity (Wildman–Crippen MR) is 59.3 cm³/mol. The molecule has 0 amide bonds. The van der Waals surface area contributed by atoms with Crippen molar-refractivity contribution in [2.24, 2.45) is 11.8 Å². The maximum absolute atomic E-state index is 11.3. The quantitative estimate of drug-likeness (QED) is 0.631. The summed E-state index contributed by atoms with van der Waals surface area (Å²) in [5, 5.41) is 0. The largest absolute Gasteiger partial charge is 0.378 e. The van der Waals surface area contributed by atoms with Gasteiger partial charge >= 0.3 is 0 Å². The summed E-state index contributed by atoms with van der Waals surface area (Å²) in [4.78, 5) is 11.3. The highest BCUT2D eigenvalue weighted by Crippen LogP contribution is 2.08. The maximum atomic E-state index is 11.3. The SMILES string of the molecule is CC(C)COC(C)CCC(=O)C(C)C. The third-order valence-electron chi connectivity index (χ3n) is 2.16. The molecule has 2 heteroatoms. The predicted octanol–water partition coefficient (Wildman–Crippen LogP) is 3.05. The molecule has 84 valence electrons. The molecule has 0 radical (unpaired) electrons. The minimum Gasteiger partial charge on any atom is -0.378 e. The van der Waals surface area contributed by atoms with E-state index in [2.05, 4.69) is 13.8 Å². The summed E-state index contributed by atoms with van der Waals surface area (Å²) in [6.45, 7) is 11.0. The van der Waals surface area contributed by atoms with E-state index in [0.29, 0.717) is 18.1 Å². The van der Waals surface area contributed by atoms with E-state index in [1.165, 1.54) is 0 Å². The number of hydrogen-bond donors (Lipinski definition) is 0. The van der Waals surface area contributed by atoms with Crippen molar-refractivity contribution in [3.8, 4) is 0 Å². The van der Waals surface area contributed by atoms with Gasteiger partial charge in [0.2, 0.25) is 0 Å². The van der Waals surface area contributed by atoms with E-state index < -0.39 is 0 Å². The van der Waals surface area contributed by atoms with Crippen LogP contribution in [-0.4, -0.2) is 18.5 Å². The Morgan fingerprint density at radius 3 is 2.14 bits per heavy atom. The lowest BCUT2D eigenvalue weighted by Crippen LogP contribution is -2.16. The summed E-state index contributed by atoms with van der Waals surface area (Å²) >= 11 is 0. The van der Waals surface area contributed by atoms with Crippen molar-refractivity contribution in [3.05, 3.63) is 0 Å². The Morgan fingerprint density at radius 2 is 1.71 bits per heavy atom. The molecule has 0 aromatic heterocycles. The number of carbonyl (C=O) groups excluding carboxylic acids is 1. The van der Waals surface area contributed by atoms with Crippen LogP contribution in [0.15, 0.2) is 0 Å². The number of hydrogen-bond acceptors (Lipinski definition) is 2. The summed E-state index contributed by atoms with van der Waals surface area (Å²) in [7, 11) is 0. The van der Waals surface area contributed by atoms with Gasteiger partial charge in [-0.05, 0) is 19.3 Å². The fraction of sp³-hybridized carbons (Fsp3) is 0.917. The van der Waals surface area contributed by atoms with Gasteiger partial charge in [-0.25, -0.2) is 0 Å². The van der Waals surface area contributed by atoms with Crippen LogP contribution in [0.4, 0.5) is 0 Å². The first-order valence-electron chi connectivity index (χ1n) is 5.57. The number of carbonyl (C=O) groups is 1. The van der Waals surface area contributed by atoms with E-state index in [1.54, 1.807) is 0 Å². The number of Topliss-reactive ketones (excluding diaryl/α,β-unsaturated/α-hetero) is 1. The molecular weight excluding hydrogens is 176 g/mol. The van der Waals surface area contributed by atoms with Crippen molar-refractivity contribution < 1.29 is 9.53 Å². The molecule has 0 rings (SSSR count). The van der Waals surface area contributed by atoms with Crippen LogP contribution in [0.1, 0.15) is 47.5 Å². The van der Waals surface area contributed by atoms with Gasteiger partial charge < -0.3 is 4.74 Å². The fourth-order valence-corrected chi connectivity index (χ4v) is 1.07. The molecule has 0 fully saturated rings. The van der Waals surface area contributed by atoms with Crippen molar-refractivity contribution in [2.75, 3.05) is 6.61 Å². The van der Waals surface area contributed by atoms with E-state index in [4.69, 9.17) is 4.74 Å². The van der Waals surface area contributed by atoms with E-state index in [1.807, 2.05) is 20.8 Å². The molecule has 0 saturated carbocycles. The van der Waals surface area contributed by atoms with E-state index in [0.717, 1.165) is 13.0 Å². The normalized spacial score (nSPS) is 13.6. The average molecular weight is 200 g/mol. The Hall–Kier alpha value is -0.370. The van der Waals surface area contributed by atoms with Crippen LogP contribution in [0.3, 0.4) is 0 Å². The summed E-state index contributed by atoms with van der Waals surface area (Å²) in [5.41, 5.74) is 0. The van der Waals surface area contributed by atoms with E-state index in [9.17, 15) is 4.79 Å². The third-order valence-corrected chi connectivity index (χ3v) is 2.16.